The molecule has 0 aliphatic heterocycles. The van der Waals surface area contributed by atoms with Crippen LogP contribution in [0.4, 0.5) is 0 Å². The van der Waals surface area contributed by atoms with Gasteiger partial charge in [-0.2, -0.15) is 4.73 Å². The maximum Gasteiger partial charge on any atom is 0.344 e. The quantitative estimate of drug-likeness (QED) is 0.644. The molecule has 0 spiro atoms. The average Bonchev–Trinajstić information content (AvgIpc) is 2.34. The van der Waals surface area contributed by atoms with Crippen LogP contribution >= 0.6 is 0 Å². The maximum atomic E-state index is 9.96. The molecule has 4 heteroatoms. The smallest absolute Gasteiger partial charge is 0.344 e. The molecule has 0 atom stereocenters. The van der Waals surface area contributed by atoms with Crippen molar-refractivity contribution in [3.8, 4) is 0 Å². The zero-order valence-electron chi connectivity index (χ0n) is 5.23. The third-order valence-electron chi connectivity index (χ3n) is 0.914. The van der Waals surface area contributed by atoms with Gasteiger partial charge in [-0.05, 0) is 12.1 Å². The SMILES string of the molecule is O=C(O)COn1cccc1. The van der Waals surface area contributed by atoms with E-state index in [9.17, 15) is 4.79 Å². The minimum absolute atomic E-state index is 0.311. The van der Waals surface area contributed by atoms with E-state index in [4.69, 9.17) is 9.94 Å². The Hall–Kier alpha value is -1.45. The van der Waals surface area contributed by atoms with E-state index in [-0.39, 0.29) is 6.61 Å². The van der Waals surface area contributed by atoms with Gasteiger partial charge in [-0.3, -0.25) is 0 Å². The molecule has 0 aliphatic rings. The first kappa shape index (κ1) is 6.67. The predicted molar refractivity (Wildman–Crippen MR) is 33.5 cm³/mol. The van der Waals surface area contributed by atoms with Gasteiger partial charge in [0.2, 0.25) is 6.61 Å². The molecular formula is C6H7NO3. The number of hydrogen-bond donors (Lipinski definition) is 1. The lowest BCUT2D eigenvalue weighted by molar-refractivity contribution is -0.142. The number of carboxylic acids is 1. The first-order valence-corrected chi connectivity index (χ1v) is 2.77. The Morgan fingerprint density at radius 3 is 2.60 bits per heavy atom. The molecule has 54 valence electrons. The molecule has 1 N–H and O–H groups in total. The van der Waals surface area contributed by atoms with Crippen molar-refractivity contribution in [1.29, 1.82) is 0 Å². The maximum absolute atomic E-state index is 9.96. The van der Waals surface area contributed by atoms with Crippen LogP contribution in [0.5, 0.6) is 0 Å². The molecule has 0 radical (unpaired) electrons. The molecule has 0 bridgehead atoms. The van der Waals surface area contributed by atoms with Crippen molar-refractivity contribution >= 4 is 5.97 Å². The zero-order valence-corrected chi connectivity index (χ0v) is 5.23. The fourth-order valence-corrected chi connectivity index (χ4v) is 0.535. The topological polar surface area (TPSA) is 51.5 Å². The second-order valence-corrected chi connectivity index (χ2v) is 1.71. The van der Waals surface area contributed by atoms with Gasteiger partial charge >= 0.3 is 5.97 Å². The highest BCUT2D eigenvalue weighted by atomic mass is 16.7. The molecule has 0 saturated heterocycles. The lowest BCUT2D eigenvalue weighted by Crippen LogP contribution is -2.17. The lowest BCUT2D eigenvalue weighted by atomic mass is 10.7. The van der Waals surface area contributed by atoms with Crippen LogP contribution in [0.2, 0.25) is 0 Å². The summed E-state index contributed by atoms with van der Waals surface area (Å²) in [6, 6.07) is 3.50. The van der Waals surface area contributed by atoms with Gasteiger partial charge in [0.1, 0.15) is 0 Å². The average molecular weight is 141 g/mol. The number of nitrogens with zero attached hydrogens (tertiary/aromatic N) is 1. The molecule has 0 aliphatic carbocycles. The van der Waals surface area contributed by atoms with Gasteiger partial charge in [-0.15, -0.1) is 0 Å². The minimum atomic E-state index is -0.978. The highest BCUT2D eigenvalue weighted by molar-refractivity contribution is 5.68. The van der Waals surface area contributed by atoms with Crippen LogP contribution in [-0.4, -0.2) is 22.4 Å². The van der Waals surface area contributed by atoms with Crippen molar-refractivity contribution < 1.29 is 14.7 Å². The van der Waals surface area contributed by atoms with Gasteiger partial charge in [0.25, 0.3) is 0 Å². The molecule has 1 rings (SSSR count). The fraction of sp³-hybridized carbons (Fsp3) is 0.167. The molecular weight excluding hydrogens is 134 g/mol. The number of aromatic nitrogens is 1. The van der Waals surface area contributed by atoms with Crippen molar-refractivity contribution in [2.75, 3.05) is 6.61 Å². The van der Waals surface area contributed by atoms with Crippen LogP contribution in [0.1, 0.15) is 0 Å². The fourth-order valence-electron chi connectivity index (χ4n) is 0.535. The first-order valence-electron chi connectivity index (χ1n) is 2.77. The summed E-state index contributed by atoms with van der Waals surface area (Å²) in [5.74, 6) is -0.978. The van der Waals surface area contributed by atoms with Gasteiger partial charge in [0, 0.05) is 12.4 Å². The van der Waals surface area contributed by atoms with Crippen molar-refractivity contribution in [2.45, 2.75) is 0 Å². The van der Waals surface area contributed by atoms with Crippen LogP contribution in [-0.2, 0) is 4.79 Å². The van der Waals surface area contributed by atoms with Gasteiger partial charge < -0.3 is 9.94 Å². The highest BCUT2D eigenvalue weighted by Crippen LogP contribution is 1.84. The molecule has 1 heterocycles. The van der Waals surface area contributed by atoms with E-state index in [2.05, 4.69) is 0 Å². The summed E-state index contributed by atoms with van der Waals surface area (Å²) in [5, 5.41) is 8.17. The van der Waals surface area contributed by atoms with Crippen LogP contribution in [0, 0.1) is 0 Å². The highest BCUT2D eigenvalue weighted by Gasteiger charge is 1.95. The van der Waals surface area contributed by atoms with Gasteiger partial charge in [0.05, 0.1) is 0 Å². The Kier molecular flexibility index (Phi) is 1.94. The van der Waals surface area contributed by atoms with Crippen molar-refractivity contribution in [1.82, 2.24) is 4.73 Å². The number of hydrogen-bond acceptors (Lipinski definition) is 2. The summed E-state index contributed by atoms with van der Waals surface area (Å²) in [4.78, 5) is 14.7. The van der Waals surface area contributed by atoms with E-state index in [0.29, 0.717) is 0 Å². The summed E-state index contributed by atoms with van der Waals surface area (Å²) in [5.41, 5.74) is 0. The first-order chi connectivity index (χ1) is 4.79. The Bertz CT molecular complexity index is 205. The molecule has 4 nitrogen and oxygen atoms in total. The third-order valence-corrected chi connectivity index (χ3v) is 0.914. The standard InChI is InChI=1S/C6H7NO3/c8-6(9)5-10-7-3-1-2-4-7/h1-4H,5H2,(H,8,9). The largest absolute Gasteiger partial charge is 0.479 e. The molecule has 1 aromatic rings. The second-order valence-electron chi connectivity index (χ2n) is 1.71. The van der Waals surface area contributed by atoms with Gasteiger partial charge in [-0.25, -0.2) is 4.79 Å². The molecule has 0 unspecified atom stereocenters. The summed E-state index contributed by atoms with van der Waals surface area (Å²) in [6.07, 6.45) is 3.26. The Labute approximate surface area is 57.6 Å². The lowest BCUT2D eigenvalue weighted by Gasteiger charge is -2.00. The van der Waals surface area contributed by atoms with E-state index in [1.165, 1.54) is 4.73 Å². The van der Waals surface area contributed by atoms with E-state index in [1.807, 2.05) is 0 Å². The number of rotatable bonds is 3. The minimum Gasteiger partial charge on any atom is -0.479 e. The molecule has 0 fully saturated rings. The number of carbonyl (C=O) groups is 1. The summed E-state index contributed by atoms with van der Waals surface area (Å²) in [6.45, 7) is -0.311. The number of carboxylic acid groups (broad SMARTS) is 1. The van der Waals surface area contributed by atoms with E-state index in [0.717, 1.165) is 0 Å². The zero-order chi connectivity index (χ0) is 7.40. The molecule has 0 aromatic carbocycles. The van der Waals surface area contributed by atoms with Crippen molar-refractivity contribution in [3.63, 3.8) is 0 Å². The van der Waals surface area contributed by atoms with Crippen LogP contribution in [0.3, 0.4) is 0 Å². The van der Waals surface area contributed by atoms with E-state index in [1.54, 1.807) is 24.5 Å². The molecule has 0 amide bonds. The Balaban J connectivity index is 2.35. The molecule has 10 heavy (non-hydrogen) atoms. The normalized spacial score (nSPS) is 9.20. The van der Waals surface area contributed by atoms with Crippen LogP contribution in [0.15, 0.2) is 24.5 Å². The summed E-state index contributed by atoms with van der Waals surface area (Å²) in [7, 11) is 0. The van der Waals surface area contributed by atoms with Gasteiger partial charge in [-0.1, -0.05) is 0 Å². The summed E-state index contributed by atoms with van der Waals surface area (Å²) >= 11 is 0. The third kappa shape index (κ3) is 1.81. The van der Waals surface area contributed by atoms with E-state index < -0.39 is 5.97 Å². The molecule has 0 saturated carbocycles. The predicted octanol–water partition coefficient (Wildman–Crippen LogP) is 0.00130. The molecule has 1 aromatic heterocycles. The van der Waals surface area contributed by atoms with Gasteiger partial charge in [0.15, 0.2) is 0 Å². The Morgan fingerprint density at radius 1 is 1.50 bits per heavy atom. The van der Waals surface area contributed by atoms with Crippen LogP contribution in [0.25, 0.3) is 0 Å². The number of aliphatic carboxylic acids is 1. The Morgan fingerprint density at radius 2 is 2.10 bits per heavy atom. The summed E-state index contributed by atoms with van der Waals surface area (Å²) < 4.78 is 1.34. The van der Waals surface area contributed by atoms with Crippen molar-refractivity contribution in [2.24, 2.45) is 0 Å². The van der Waals surface area contributed by atoms with Crippen LogP contribution < -0.4 is 4.84 Å². The van der Waals surface area contributed by atoms with Crippen molar-refractivity contribution in [3.05, 3.63) is 24.5 Å². The van der Waals surface area contributed by atoms with E-state index >= 15 is 0 Å². The second kappa shape index (κ2) is 2.91. The monoisotopic (exact) mass is 141 g/mol.